The fourth-order valence-electron chi connectivity index (χ4n) is 5.65. The van der Waals surface area contributed by atoms with Gasteiger partial charge in [-0.1, -0.05) is 13.8 Å². The summed E-state index contributed by atoms with van der Waals surface area (Å²) in [4.78, 5) is 9.18. The number of rotatable bonds is 7. The highest BCUT2D eigenvalue weighted by Crippen LogP contribution is 2.36. The van der Waals surface area contributed by atoms with Crippen LogP contribution in [0.2, 0.25) is 0 Å². The molecule has 0 spiro atoms. The quantitative estimate of drug-likeness (QED) is 0.635. The van der Waals surface area contributed by atoms with Crippen molar-refractivity contribution in [2.24, 2.45) is 5.92 Å². The van der Waals surface area contributed by atoms with E-state index in [1.54, 1.807) is 14.2 Å². The Hall–Kier alpha value is -1.98. The van der Waals surface area contributed by atoms with Crippen LogP contribution in [-0.2, 0) is 0 Å². The first-order chi connectivity index (χ1) is 15.5. The third-order valence-corrected chi connectivity index (χ3v) is 7.37. The van der Waals surface area contributed by atoms with Crippen molar-refractivity contribution in [3.8, 4) is 22.8 Å². The number of nitrogens with one attached hydrogen (secondary N) is 1. The molecule has 0 radical (unpaired) electrons. The standard InChI is InChI=1S/C27H41N3O2/c1-19(2)18-29-12-10-23(11-13-29)30-14-8-21(9-15-30)24-16-20(3)27(28-24)22-6-7-25(31-4)26(17-22)32-5/h6-7,16-17,19,21,23,28H,8-15,18H2,1-5H3. The van der Waals surface area contributed by atoms with E-state index >= 15 is 0 Å². The minimum absolute atomic E-state index is 0.625. The number of aromatic amines is 1. The Kier molecular flexibility index (Phi) is 7.47. The van der Waals surface area contributed by atoms with Crippen LogP contribution < -0.4 is 9.47 Å². The number of methoxy groups -OCH3 is 2. The molecule has 1 aromatic heterocycles. The molecule has 5 heteroatoms. The molecule has 0 aliphatic carbocycles. The lowest BCUT2D eigenvalue weighted by atomic mass is 9.91. The fraction of sp³-hybridized carbons (Fsp3) is 0.630. The van der Waals surface area contributed by atoms with Crippen molar-refractivity contribution in [1.29, 1.82) is 0 Å². The molecule has 0 bridgehead atoms. The van der Waals surface area contributed by atoms with Gasteiger partial charge in [-0.3, -0.25) is 0 Å². The third-order valence-electron chi connectivity index (χ3n) is 7.37. The van der Waals surface area contributed by atoms with Crippen LogP contribution in [0.25, 0.3) is 11.3 Å². The third kappa shape index (κ3) is 5.15. The van der Waals surface area contributed by atoms with Gasteiger partial charge in [0.1, 0.15) is 0 Å². The average Bonchev–Trinajstić information content (AvgIpc) is 3.20. The Morgan fingerprint density at radius 2 is 1.62 bits per heavy atom. The first kappa shape index (κ1) is 23.2. The highest BCUT2D eigenvalue weighted by molar-refractivity contribution is 5.67. The molecule has 176 valence electrons. The van der Waals surface area contributed by atoms with Crippen molar-refractivity contribution in [3.05, 3.63) is 35.5 Å². The Labute approximate surface area is 194 Å². The number of aryl methyl sites for hydroxylation is 1. The van der Waals surface area contributed by atoms with Crippen LogP contribution in [0, 0.1) is 12.8 Å². The number of benzene rings is 1. The van der Waals surface area contributed by atoms with E-state index in [9.17, 15) is 0 Å². The van der Waals surface area contributed by atoms with Crippen LogP contribution in [0.5, 0.6) is 11.5 Å². The molecular formula is C27H41N3O2. The van der Waals surface area contributed by atoms with Gasteiger partial charge in [-0.25, -0.2) is 0 Å². The maximum absolute atomic E-state index is 5.51. The molecule has 1 N–H and O–H groups in total. The maximum Gasteiger partial charge on any atom is 0.161 e. The number of H-pyrrole nitrogens is 1. The summed E-state index contributed by atoms with van der Waals surface area (Å²) in [5.41, 5.74) is 5.03. The SMILES string of the molecule is COc1ccc(-c2[nH]c(C3CCN(C4CCN(CC(C)C)CC4)CC3)cc2C)cc1OC. The zero-order valence-electron chi connectivity index (χ0n) is 20.6. The molecule has 2 aromatic rings. The summed E-state index contributed by atoms with van der Waals surface area (Å²) in [6.07, 6.45) is 5.17. The predicted molar refractivity (Wildman–Crippen MR) is 132 cm³/mol. The summed E-state index contributed by atoms with van der Waals surface area (Å²) in [5, 5.41) is 0. The Balaban J connectivity index is 1.36. The van der Waals surface area contributed by atoms with Crippen molar-refractivity contribution < 1.29 is 9.47 Å². The Bertz CT molecular complexity index is 875. The van der Waals surface area contributed by atoms with Gasteiger partial charge in [-0.2, -0.15) is 0 Å². The highest BCUT2D eigenvalue weighted by atomic mass is 16.5. The number of nitrogens with zero attached hydrogens (tertiary/aromatic N) is 2. The summed E-state index contributed by atoms with van der Waals surface area (Å²) in [7, 11) is 3.37. The van der Waals surface area contributed by atoms with E-state index in [-0.39, 0.29) is 0 Å². The van der Waals surface area contributed by atoms with Gasteiger partial charge in [-0.15, -0.1) is 0 Å². The van der Waals surface area contributed by atoms with Crippen molar-refractivity contribution in [2.45, 2.75) is 58.4 Å². The topological polar surface area (TPSA) is 40.7 Å². The summed E-state index contributed by atoms with van der Waals surface area (Å²) < 4.78 is 10.9. The van der Waals surface area contributed by atoms with Crippen molar-refractivity contribution in [2.75, 3.05) is 46.9 Å². The van der Waals surface area contributed by atoms with E-state index in [4.69, 9.17) is 9.47 Å². The molecule has 2 fully saturated rings. The van der Waals surface area contributed by atoms with Crippen LogP contribution >= 0.6 is 0 Å². The largest absolute Gasteiger partial charge is 0.493 e. The van der Waals surface area contributed by atoms with E-state index < -0.39 is 0 Å². The van der Waals surface area contributed by atoms with Gasteiger partial charge in [0.2, 0.25) is 0 Å². The minimum Gasteiger partial charge on any atom is -0.493 e. The second-order valence-electron chi connectivity index (χ2n) is 10.1. The molecule has 4 rings (SSSR count). The normalized spacial score (nSPS) is 19.6. The van der Waals surface area contributed by atoms with Gasteiger partial charge < -0.3 is 24.3 Å². The summed E-state index contributed by atoms with van der Waals surface area (Å²) in [5.74, 6) is 2.94. The van der Waals surface area contributed by atoms with Crippen LogP contribution in [0.1, 0.15) is 56.7 Å². The van der Waals surface area contributed by atoms with Gasteiger partial charge in [0.25, 0.3) is 0 Å². The molecule has 2 aliphatic heterocycles. The van der Waals surface area contributed by atoms with Crippen molar-refractivity contribution in [1.82, 2.24) is 14.8 Å². The minimum atomic E-state index is 0.625. The number of hydrogen-bond acceptors (Lipinski definition) is 4. The zero-order chi connectivity index (χ0) is 22.7. The summed E-state index contributed by atoms with van der Waals surface area (Å²) in [6.45, 7) is 13.1. The molecule has 2 aliphatic rings. The van der Waals surface area contributed by atoms with Crippen molar-refractivity contribution >= 4 is 0 Å². The lowest BCUT2D eigenvalue weighted by Crippen LogP contribution is -2.48. The monoisotopic (exact) mass is 439 g/mol. The molecule has 32 heavy (non-hydrogen) atoms. The number of piperidine rings is 2. The summed E-state index contributed by atoms with van der Waals surface area (Å²) >= 11 is 0. The molecule has 0 atom stereocenters. The van der Waals surface area contributed by atoms with Crippen LogP contribution in [-0.4, -0.2) is 67.8 Å². The predicted octanol–water partition coefficient (Wildman–Crippen LogP) is 5.31. The maximum atomic E-state index is 5.51. The lowest BCUT2D eigenvalue weighted by molar-refractivity contribution is 0.0825. The van der Waals surface area contributed by atoms with Gasteiger partial charge >= 0.3 is 0 Å². The number of aromatic nitrogens is 1. The van der Waals surface area contributed by atoms with Gasteiger partial charge in [0, 0.05) is 35.5 Å². The van der Waals surface area contributed by atoms with E-state index in [1.165, 1.54) is 75.4 Å². The first-order valence-electron chi connectivity index (χ1n) is 12.4. The fourth-order valence-corrected chi connectivity index (χ4v) is 5.65. The van der Waals surface area contributed by atoms with E-state index in [1.807, 2.05) is 6.07 Å². The molecule has 2 saturated heterocycles. The Morgan fingerprint density at radius 3 is 2.25 bits per heavy atom. The number of ether oxygens (including phenoxy) is 2. The molecule has 1 aromatic carbocycles. The second-order valence-corrected chi connectivity index (χ2v) is 10.1. The first-order valence-corrected chi connectivity index (χ1v) is 12.4. The molecule has 0 amide bonds. The number of hydrogen-bond donors (Lipinski definition) is 1. The summed E-state index contributed by atoms with van der Waals surface area (Å²) in [6, 6.07) is 9.30. The van der Waals surface area contributed by atoms with E-state index in [0.717, 1.165) is 29.0 Å². The van der Waals surface area contributed by atoms with Gasteiger partial charge in [0.05, 0.1) is 14.2 Å². The smallest absolute Gasteiger partial charge is 0.161 e. The second kappa shape index (κ2) is 10.3. The average molecular weight is 440 g/mol. The van der Waals surface area contributed by atoms with Gasteiger partial charge in [-0.05, 0) is 94.5 Å². The molecule has 0 unspecified atom stereocenters. The van der Waals surface area contributed by atoms with Crippen LogP contribution in [0.4, 0.5) is 0 Å². The lowest BCUT2D eigenvalue weighted by Gasteiger charge is -2.42. The van der Waals surface area contributed by atoms with Crippen LogP contribution in [0.3, 0.4) is 0 Å². The molecule has 3 heterocycles. The molecular weight excluding hydrogens is 398 g/mol. The number of likely N-dealkylation sites (tertiary alicyclic amines) is 2. The van der Waals surface area contributed by atoms with Crippen molar-refractivity contribution in [3.63, 3.8) is 0 Å². The van der Waals surface area contributed by atoms with E-state index in [2.05, 4.69) is 53.8 Å². The van der Waals surface area contributed by atoms with Gasteiger partial charge in [0.15, 0.2) is 11.5 Å². The van der Waals surface area contributed by atoms with E-state index in [0.29, 0.717) is 5.92 Å². The zero-order valence-corrected chi connectivity index (χ0v) is 20.6. The molecule has 0 saturated carbocycles. The Morgan fingerprint density at radius 1 is 0.938 bits per heavy atom. The molecule has 5 nitrogen and oxygen atoms in total. The highest BCUT2D eigenvalue weighted by Gasteiger charge is 2.29. The van der Waals surface area contributed by atoms with Crippen LogP contribution in [0.15, 0.2) is 24.3 Å².